The molecule has 2 aliphatic heterocycles. The maximum Gasteiger partial charge on any atom is 0.225 e. The molecule has 0 radical (unpaired) electrons. The number of likely N-dealkylation sites (tertiary alicyclic amines) is 1. The Labute approximate surface area is 199 Å². The van der Waals surface area contributed by atoms with Gasteiger partial charge in [0.1, 0.15) is 0 Å². The zero-order chi connectivity index (χ0) is 20.6. The molecule has 174 valence electrons. The summed E-state index contributed by atoms with van der Waals surface area (Å²) in [7, 11) is 0. The van der Waals surface area contributed by atoms with E-state index in [2.05, 4.69) is 41.2 Å². The van der Waals surface area contributed by atoms with Crippen LogP contribution in [-0.4, -0.2) is 85.7 Å². The molecule has 8 heteroatoms. The first kappa shape index (κ1) is 25.6. The largest absolute Gasteiger partial charge is 0.373 e. The molecule has 3 aliphatic rings. The molecule has 3 fully saturated rings. The highest BCUT2D eigenvalue weighted by atomic mass is 127. The van der Waals surface area contributed by atoms with Crippen LogP contribution in [-0.2, 0) is 9.53 Å². The van der Waals surface area contributed by atoms with Crippen LogP contribution in [0.3, 0.4) is 0 Å². The Bertz CT molecular complexity index is 546. The lowest BCUT2D eigenvalue weighted by atomic mass is 10.1. The number of halogens is 1. The first-order valence-electron chi connectivity index (χ1n) is 11.8. The second-order valence-electron chi connectivity index (χ2n) is 9.03. The van der Waals surface area contributed by atoms with Crippen LogP contribution in [0, 0.1) is 5.92 Å². The van der Waals surface area contributed by atoms with E-state index in [1.807, 2.05) is 0 Å². The summed E-state index contributed by atoms with van der Waals surface area (Å²) in [5, 5.41) is 6.92. The molecule has 0 aromatic carbocycles. The van der Waals surface area contributed by atoms with Gasteiger partial charge in [-0.15, -0.1) is 24.0 Å². The highest BCUT2D eigenvalue weighted by Crippen LogP contribution is 2.27. The summed E-state index contributed by atoms with van der Waals surface area (Å²) in [5.41, 5.74) is 0. The topological polar surface area (TPSA) is 69.2 Å². The fourth-order valence-corrected chi connectivity index (χ4v) is 4.97. The summed E-state index contributed by atoms with van der Waals surface area (Å²) in [4.78, 5) is 22.0. The molecule has 3 unspecified atom stereocenters. The monoisotopic (exact) mass is 535 g/mol. The van der Waals surface area contributed by atoms with Crippen LogP contribution in [0.15, 0.2) is 4.99 Å². The van der Waals surface area contributed by atoms with Crippen molar-refractivity contribution in [3.8, 4) is 0 Å². The predicted octanol–water partition coefficient (Wildman–Crippen LogP) is 2.45. The van der Waals surface area contributed by atoms with Crippen molar-refractivity contribution in [1.82, 2.24) is 20.4 Å². The van der Waals surface area contributed by atoms with Crippen LogP contribution in [0.25, 0.3) is 0 Å². The maximum absolute atomic E-state index is 12.7. The number of rotatable bonds is 7. The van der Waals surface area contributed by atoms with Gasteiger partial charge in [-0.05, 0) is 46.5 Å². The first-order valence-corrected chi connectivity index (χ1v) is 11.8. The Morgan fingerprint density at radius 1 is 1.10 bits per heavy atom. The standard InChI is InChI=1S/C22H41N5O2.HI/c1-4-23-22(24-11-7-12-26-14-17(2)29-18(3)15-26)25-20-10-13-27(16-20)21(28)19-8-5-6-9-19;/h17-20H,4-16H2,1-3H3,(H2,23,24,25);1H. The number of nitrogens with zero attached hydrogens (tertiary/aromatic N) is 3. The number of carbonyl (C=O) groups excluding carboxylic acids is 1. The van der Waals surface area contributed by atoms with E-state index in [1.165, 1.54) is 12.8 Å². The summed E-state index contributed by atoms with van der Waals surface area (Å²) >= 11 is 0. The molecule has 0 bridgehead atoms. The Kier molecular flexibility index (Phi) is 11.2. The van der Waals surface area contributed by atoms with Crippen LogP contribution < -0.4 is 10.6 Å². The molecule has 1 saturated carbocycles. The quantitative estimate of drug-likeness (QED) is 0.227. The van der Waals surface area contributed by atoms with Crippen LogP contribution in [0.5, 0.6) is 0 Å². The molecule has 30 heavy (non-hydrogen) atoms. The lowest BCUT2D eigenvalue weighted by molar-refractivity contribution is -0.134. The SMILES string of the molecule is CCNC(=NCCCN1CC(C)OC(C)C1)NC1CCN(C(=O)C2CCCC2)C1.I. The minimum absolute atomic E-state index is 0. The molecule has 0 spiro atoms. The molecule has 0 aromatic heterocycles. The first-order chi connectivity index (χ1) is 14.0. The zero-order valence-electron chi connectivity index (χ0n) is 19.1. The molecule has 7 nitrogen and oxygen atoms in total. The second kappa shape index (κ2) is 13.1. The van der Waals surface area contributed by atoms with Gasteiger partial charge in [-0.25, -0.2) is 0 Å². The van der Waals surface area contributed by atoms with Crippen molar-refractivity contribution in [3.05, 3.63) is 0 Å². The Morgan fingerprint density at radius 2 is 1.80 bits per heavy atom. The number of aliphatic imine (C=N–C) groups is 1. The van der Waals surface area contributed by atoms with E-state index in [1.54, 1.807) is 0 Å². The molecule has 1 amide bonds. The molecule has 1 aliphatic carbocycles. The molecule has 2 N–H and O–H groups in total. The number of hydrogen-bond acceptors (Lipinski definition) is 4. The number of guanidine groups is 1. The predicted molar refractivity (Wildman–Crippen MR) is 133 cm³/mol. The van der Waals surface area contributed by atoms with Gasteiger partial charge >= 0.3 is 0 Å². The minimum atomic E-state index is 0. The average molecular weight is 536 g/mol. The van der Waals surface area contributed by atoms with Gasteiger partial charge in [-0.3, -0.25) is 14.7 Å². The lowest BCUT2D eigenvalue weighted by Crippen LogP contribution is -2.46. The Hall–Kier alpha value is -0.610. The summed E-state index contributed by atoms with van der Waals surface area (Å²) < 4.78 is 5.81. The lowest BCUT2D eigenvalue weighted by Gasteiger charge is -2.35. The van der Waals surface area contributed by atoms with Crippen molar-refractivity contribution in [1.29, 1.82) is 0 Å². The highest BCUT2D eigenvalue weighted by molar-refractivity contribution is 14.0. The van der Waals surface area contributed by atoms with Crippen molar-refractivity contribution in [3.63, 3.8) is 0 Å². The van der Waals surface area contributed by atoms with Crippen molar-refractivity contribution < 1.29 is 9.53 Å². The third-order valence-corrected chi connectivity index (χ3v) is 6.29. The van der Waals surface area contributed by atoms with E-state index in [0.29, 0.717) is 24.2 Å². The molecule has 0 aromatic rings. The van der Waals surface area contributed by atoms with Gasteiger partial charge in [-0.2, -0.15) is 0 Å². The smallest absolute Gasteiger partial charge is 0.225 e. The minimum Gasteiger partial charge on any atom is -0.373 e. The van der Waals surface area contributed by atoms with Crippen molar-refractivity contribution in [2.45, 2.75) is 77.5 Å². The van der Waals surface area contributed by atoms with Gasteiger partial charge < -0.3 is 20.3 Å². The normalized spacial score (nSPS) is 28.4. The summed E-state index contributed by atoms with van der Waals surface area (Å²) in [6.07, 6.45) is 7.28. The van der Waals surface area contributed by atoms with Crippen LogP contribution >= 0.6 is 24.0 Å². The van der Waals surface area contributed by atoms with Crippen molar-refractivity contribution in [2.24, 2.45) is 10.9 Å². The third-order valence-electron chi connectivity index (χ3n) is 6.29. The zero-order valence-corrected chi connectivity index (χ0v) is 21.4. The number of nitrogens with one attached hydrogen (secondary N) is 2. The van der Waals surface area contributed by atoms with Crippen molar-refractivity contribution >= 4 is 35.8 Å². The van der Waals surface area contributed by atoms with Gasteiger partial charge in [0.2, 0.25) is 5.91 Å². The maximum atomic E-state index is 12.7. The average Bonchev–Trinajstić information content (AvgIpc) is 3.36. The third kappa shape index (κ3) is 7.82. The summed E-state index contributed by atoms with van der Waals surface area (Å²) in [6.45, 7) is 12.8. The number of amides is 1. The van der Waals surface area contributed by atoms with Gasteiger partial charge in [0, 0.05) is 57.8 Å². The van der Waals surface area contributed by atoms with E-state index >= 15 is 0 Å². The van der Waals surface area contributed by atoms with E-state index in [-0.39, 0.29) is 29.9 Å². The molecule has 3 atom stereocenters. The fraction of sp³-hybridized carbons (Fsp3) is 0.909. The molecule has 2 saturated heterocycles. The van der Waals surface area contributed by atoms with Crippen LogP contribution in [0.2, 0.25) is 0 Å². The Morgan fingerprint density at radius 3 is 2.47 bits per heavy atom. The van der Waals surface area contributed by atoms with Gasteiger partial charge in [-0.1, -0.05) is 12.8 Å². The summed E-state index contributed by atoms with van der Waals surface area (Å²) in [6, 6.07) is 0.305. The fourth-order valence-electron chi connectivity index (χ4n) is 4.97. The van der Waals surface area contributed by atoms with E-state index < -0.39 is 0 Å². The molecule has 2 heterocycles. The van der Waals surface area contributed by atoms with Crippen LogP contribution in [0.4, 0.5) is 0 Å². The van der Waals surface area contributed by atoms with Gasteiger partial charge in [0.25, 0.3) is 0 Å². The second-order valence-corrected chi connectivity index (χ2v) is 9.03. The number of carbonyl (C=O) groups is 1. The highest BCUT2D eigenvalue weighted by Gasteiger charge is 2.32. The Balaban J connectivity index is 0.00000320. The summed E-state index contributed by atoms with van der Waals surface area (Å²) in [5.74, 6) is 1.54. The number of ether oxygens (including phenoxy) is 1. The molecular formula is C22H42IN5O2. The van der Waals surface area contributed by atoms with E-state index in [4.69, 9.17) is 9.73 Å². The van der Waals surface area contributed by atoms with Gasteiger partial charge in [0.05, 0.1) is 12.2 Å². The van der Waals surface area contributed by atoms with Crippen LogP contribution in [0.1, 0.15) is 59.3 Å². The van der Waals surface area contributed by atoms with E-state index in [0.717, 1.165) is 77.5 Å². The molecular weight excluding hydrogens is 493 g/mol. The van der Waals surface area contributed by atoms with Gasteiger partial charge in [0.15, 0.2) is 5.96 Å². The molecule has 3 rings (SSSR count). The number of morpholine rings is 1. The van der Waals surface area contributed by atoms with Crippen molar-refractivity contribution in [2.75, 3.05) is 45.8 Å². The van der Waals surface area contributed by atoms with E-state index in [9.17, 15) is 4.79 Å². The number of hydrogen-bond donors (Lipinski definition) is 2.